The number of carbonyl (C=O) groups excluding carboxylic acids is 2. The number of carbonyl (C=O) groups is 2. The van der Waals surface area contributed by atoms with Gasteiger partial charge in [-0.15, -0.1) is 0 Å². The molecule has 0 aliphatic heterocycles. The van der Waals surface area contributed by atoms with E-state index in [1.54, 1.807) is 42.6 Å². The standard InChI is InChI=1S/C17H19N3O3/c1-3-10-18-16(21)15-9-8-14(11-19-15)20-13-6-4-12(5-7-13)17(22)23-2/h4-9,11,20H,3,10H2,1-2H3,(H,18,21). The van der Waals surface area contributed by atoms with Crippen molar-refractivity contribution in [1.82, 2.24) is 10.3 Å². The molecule has 0 saturated carbocycles. The predicted octanol–water partition coefficient (Wildman–Crippen LogP) is 2.75. The second-order valence-electron chi connectivity index (χ2n) is 4.88. The number of amides is 1. The lowest BCUT2D eigenvalue weighted by Gasteiger charge is -2.08. The summed E-state index contributed by atoms with van der Waals surface area (Å²) in [6.07, 6.45) is 2.47. The number of pyridine rings is 1. The molecule has 6 nitrogen and oxygen atoms in total. The number of hydrogen-bond donors (Lipinski definition) is 2. The predicted molar refractivity (Wildman–Crippen MR) is 87.9 cm³/mol. The van der Waals surface area contributed by atoms with E-state index in [4.69, 9.17) is 0 Å². The first-order valence-electron chi connectivity index (χ1n) is 7.33. The number of nitrogens with one attached hydrogen (secondary N) is 2. The third kappa shape index (κ3) is 4.54. The Bertz CT molecular complexity index is 666. The quantitative estimate of drug-likeness (QED) is 0.802. The summed E-state index contributed by atoms with van der Waals surface area (Å²) in [6, 6.07) is 10.3. The van der Waals surface area contributed by atoms with Gasteiger partial charge < -0.3 is 15.4 Å². The van der Waals surface area contributed by atoms with Crippen molar-refractivity contribution in [2.75, 3.05) is 19.0 Å². The third-order valence-electron chi connectivity index (χ3n) is 3.13. The maximum Gasteiger partial charge on any atom is 0.337 e. The maximum absolute atomic E-state index is 11.8. The Labute approximate surface area is 134 Å². The SMILES string of the molecule is CCCNC(=O)c1ccc(Nc2ccc(C(=O)OC)cc2)cn1. The van der Waals surface area contributed by atoms with Crippen molar-refractivity contribution >= 4 is 23.3 Å². The Morgan fingerprint density at radius 3 is 2.35 bits per heavy atom. The summed E-state index contributed by atoms with van der Waals surface area (Å²) in [5.41, 5.74) is 2.43. The summed E-state index contributed by atoms with van der Waals surface area (Å²) in [5.74, 6) is -0.554. The van der Waals surface area contributed by atoms with E-state index < -0.39 is 0 Å². The van der Waals surface area contributed by atoms with Gasteiger partial charge in [0, 0.05) is 12.2 Å². The zero-order valence-electron chi connectivity index (χ0n) is 13.1. The number of rotatable bonds is 6. The third-order valence-corrected chi connectivity index (χ3v) is 3.13. The number of hydrogen-bond acceptors (Lipinski definition) is 5. The highest BCUT2D eigenvalue weighted by atomic mass is 16.5. The lowest BCUT2D eigenvalue weighted by Crippen LogP contribution is -2.24. The van der Waals surface area contributed by atoms with Gasteiger partial charge in [-0.05, 0) is 42.8 Å². The van der Waals surface area contributed by atoms with Crippen LogP contribution in [0.3, 0.4) is 0 Å². The number of methoxy groups -OCH3 is 1. The van der Waals surface area contributed by atoms with Gasteiger partial charge in [0.25, 0.3) is 5.91 Å². The number of esters is 1. The van der Waals surface area contributed by atoms with Gasteiger partial charge in [-0.3, -0.25) is 4.79 Å². The zero-order chi connectivity index (χ0) is 16.7. The second kappa shape index (κ2) is 7.93. The van der Waals surface area contributed by atoms with E-state index in [1.165, 1.54) is 7.11 Å². The molecule has 0 unspecified atom stereocenters. The molecule has 23 heavy (non-hydrogen) atoms. The number of aromatic nitrogens is 1. The van der Waals surface area contributed by atoms with Crippen LogP contribution in [0.4, 0.5) is 11.4 Å². The van der Waals surface area contributed by atoms with Crippen LogP contribution >= 0.6 is 0 Å². The van der Waals surface area contributed by atoms with Gasteiger partial charge in [-0.1, -0.05) is 6.92 Å². The number of anilines is 2. The van der Waals surface area contributed by atoms with E-state index in [9.17, 15) is 9.59 Å². The highest BCUT2D eigenvalue weighted by Gasteiger charge is 2.07. The highest BCUT2D eigenvalue weighted by Crippen LogP contribution is 2.17. The lowest BCUT2D eigenvalue weighted by atomic mass is 10.2. The number of nitrogens with zero attached hydrogens (tertiary/aromatic N) is 1. The Kier molecular flexibility index (Phi) is 5.68. The first-order chi connectivity index (χ1) is 11.1. The zero-order valence-corrected chi connectivity index (χ0v) is 13.1. The van der Waals surface area contributed by atoms with Crippen LogP contribution < -0.4 is 10.6 Å². The van der Waals surface area contributed by atoms with Crippen molar-refractivity contribution in [3.05, 3.63) is 53.9 Å². The monoisotopic (exact) mass is 313 g/mol. The van der Waals surface area contributed by atoms with Crippen molar-refractivity contribution in [2.24, 2.45) is 0 Å². The summed E-state index contributed by atoms with van der Waals surface area (Å²) in [6.45, 7) is 2.62. The van der Waals surface area contributed by atoms with Crippen LogP contribution in [-0.2, 0) is 4.74 Å². The van der Waals surface area contributed by atoms with Crippen molar-refractivity contribution in [3.8, 4) is 0 Å². The van der Waals surface area contributed by atoms with Crippen molar-refractivity contribution in [1.29, 1.82) is 0 Å². The number of benzene rings is 1. The molecule has 0 saturated heterocycles. The molecule has 2 aromatic rings. The first kappa shape index (κ1) is 16.5. The van der Waals surface area contributed by atoms with E-state index in [0.29, 0.717) is 17.8 Å². The average molecular weight is 313 g/mol. The summed E-state index contributed by atoms with van der Waals surface area (Å²) in [4.78, 5) is 27.3. The van der Waals surface area contributed by atoms with E-state index >= 15 is 0 Å². The molecule has 2 rings (SSSR count). The van der Waals surface area contributed by atoms with Crippen molar-refractivity contribution in [2.45, 2.75) is 13.3 Å². The molecular weight excluding hydrogens is 294 g/mol. The van der Waals surface area contributed by atoms with E-state index in [-0.39, 0.29) is 11.9 Å². The van der Waals surface area contributed by atoms with Gasteiger partial charge >= 0.3 is 5.97 Å². The molecule has 120 valence electrons. The summed E-state index contributed by atoms with van der Waals surface area (Å²) in [5, 5.41) is 5.93. The summed E-state index contributed by atoms with van der Waals surface area (Å²) < 4.78 is 4.65. The van der Waals surface area contributed by atoms with Crippen LogP contribution in [0.5, 0.6) is 0 Å². The average Bonchev–Trinajstić information content (AvgIpc) is 2.60. The molecule has 0 aliphatic carbocycles. The van der Waals surface area contributed by atoms with Crippen LogP contribution in [0.2, 0.25) is 0 Å². The van der Waals surface area contributed by atoms with Gasteiger partial charge in [0.05, 0.1) is 24.6 Å². The molecule has 0 atom stereocenters. The molecule has 2 N–H and O–H groups in total. The second-order valence-corrected chi connectivity index (χ2v) is 4.88. The van der Waals surface area contributed by atoms with E-state index in [1.807, 2.05) is 6.92 Å². The molecule has 0 spiro atoms. The minimum absolute atomic E-state index is 0.180. The Hall–Kier alpha value is -2.89. The molecule has 1 aromatic carbocycles. The van der Waals surface area contributed by atoms with Crippen LogP contribution in [0.25, 0.3) is 0 Å². The molecule has 0 bridgehead atoms. The molecule has 0 radical (unpaired) electrons. The van der Waals surface area contributed by atoms with Crippen LogP contribution in [0.1, 0.15) is 34.2 Å². The number of ether oxygens (including phenoxy) is 1. The molecule has 0 fully saturated rings. The minimum Gasteiger partial charge on any atom is -0.465 e. The fourth-order valence-corrected chi connectivity index (χ4v) is 1.91. The first-order valence-corrected chi connectivity index (χ1v) is 7.33. The molecule has 1 aromatic heterocycles. The lowest BCUT2D eigenvalue weighted by molar-refractivity contribution is 0.0600. The van der Waals surface area contributed by atoms with Gasteiger partial charge in [-0.25, -0.2) is 9.78 Å². The molecule has 1 amide bonds. The van der Waals surface area contributed by atoms with Crippen LogP contribution in [0, 0.1) is 0 Å². The van der Waals surface area contributed by atoms with Gasteiger partial charge in [0.2, 0.25) is 0 Å². The topological polar surface area (TPSA) is 80.3 Å². The van der Waals surface area contributed by atoms with Crippen LogP contribution in [-0.4, -0.2) is 30.5 Å². The Morgan fingerprint density at radius 2 is 1.78 bits per heavy atom. The Morgan fingerprint density at radius 1 is 1.09 bits per heavy atom. The van der Waals surface area contributed by atoms with Gasteiger partial charge in [0.15, 0.2) is 0 Å². The van der Waals surface area contributed by atoms with E-state index in [2.05, 4.69) is 20.4 Å². The Balaban J connectivity index is 2.00. The summed E-state index contributed by atoms with van der Waals surface area (Å²) >= 11 is 0. The fraction of sp³-hybridized carbons (Fsp3) is 0.235. The molecule has 6 heteroatoms. The molecular formula is C17H19N3O3. The highest BCUT2D eigenvalue weighted by molar-refractivity contribution is 5.92. The van der Waals surface area contributed by atoms with E-state index in [0.717, 1.165) is 17.8 Å². The summed E-state index contributed by atoms with van der Waals surface area (Å²) in [7, 11) is 1.35. The van der Waals surface area contributed by atoms with Crippen molar-refractivity contribution < 1.29 is 14.3 Å². The van der Waals surface area contributed by atoms with Gasteiger partial charge in [0.1, 0.15) is 5.69 Å². The maximum atomic E-state index is 11.8. The minimum atomic E-state index is -0.374. The molecule has 0 aliphatic rings. The fourth-order valence-electron chi connectivity index (χ4n) is 1.91. The molecule has 1 heterocycles. The van der Waals surface area contributed by atoms with Crippen molar-refractivity contribution in [3.63, 3.8) is 0 Å². The van der Waals surface area contributed by atoms with Crippen LogP contribution in [0.15, 0.2) is 42.6 Å². The largest absolute Gasteiger partial charge is 0.465 e. The van der Waals surface area contributed by atoms with Gasteiger partial charge in [-0.2, -0.15) is 0 Å². The normalized spacial score (nSPS) is 10.0. The smallest absolute Gasteiger partial charge is 0.337 e.